The summed E-state index contributed by atoms with van der Waals surface area (Å²) >= 11 is 1.64. The SMILES string of the molecule is Cn1nnnc1SCC1CCN(C(=O)Oc2ccc(NC(=O)c3ccc(CN4CCCCC4)cc3)cc2)CC1. The molecule has 0 spiro atoms. The molecule has 3 aromatic rings. The molecule has 1 N–H and O–H groups in total. The summed E-state index contributed by atoms with van der Waals surface area (Å²) < 4.78 is 7.25. The molecule has 10 nitrogen and oxygen atoms in total. The van der Waals surface area contributed by atoms with E-state index in [1.807, 2.05) is 31.3 Å². The van der Waals surface area contributed by atoms with Crippen molar-refractivity contribution in [2.45, 2.75) is 43.8 Å². The Morgan fingerprint density at radius 3 is 2.36 bits per heavy atom. The fraction of sp³-hybridized carbons (Fsp3) is 0.464. The molecule has 0 atom stereocenters. The van der Waals surface area contributed by atoms with Crippen LogP contribution in [0.4, 0.5) is 10.5 Å². The third-order valence-corrected chi connectivity index (χ3v) is 8.53. The van der Waals surface area contributed by atoms with E-state index in [-0.39, 0.29) is 12.0 Å². The first-order chi connectivity index (χ1) is 19.0. The number of ether oxygens (including phenoxy) is 1. The molecule has 11 heteroatoms. The number of likely N-dealkylation sites (tertiary alicyclic amines) is 2. The van der Waals surface area contributed by atoms with Crippen molar-refractivity contribution in [3.63, 3.8) is 0 Å². The number of hydrogen-bond acceptors (Lipinski definition) is 8. The number of hydrogen-bond donors (Lipinski definition) is 1. The highest BCUT2D eigenvalue weighted by Crippen LogP contribution is 2.26. The number of benzene rings is 2. The van der Waals surface area contributed by atoms with E-state index >= 15 is 0 Å². The van der Waals surface area contributed by atoms with Crippen LogP contribution in [0.15, 0.2) is 53.7 Å². The molecular weight excluding hydrogens is 514 g/mol. The Morgan fingerprint density at radius 2 is 1.69 bits per heavy atom. The van der Waals surface area contributed by atoms with Crippen LogP contribution in [0, 0.1) is 5.92 Å². The van der Waals surface area contributed by atoms with Gasteiger partial charge in [0, 0.05) is 43.7 Å². The van der Waals surface area contributed by atoms with Crippen molar-refractivity contribution in [2.24, 2.45) is 13.0 Å². The maximum atomic E-state index is 12.7. The lowest BCUT2D eigenvalue weighted by Gasteiger charge is -2.30. The molecule has 206 valence electrons. The fourth-order valence-corrected chi connectivity index (χ4v) is 5.97. The van der Waals surface area contributed by atoms with Crippen LogP contribution >= 0.6 is 11.8 Å². The predicted molar refractivity (Wildman–Crippen MR) is 150 cm³/mol. The van der Waals surface area contributed by atoms with Crippen molar-refractivity contribution in [1.82, 2.24) is 30.0 Å². The van der Waals surface area contributed by atoms with E-state index in [0.717, 1.165) is 43.4 Å². The van der Waals surface area contributed by atoms with Crippen molar-refractivity contribution in [3.05, 3.63) is 59.7 Å². The first-order valence-corrected chi connectivity index (χ1v) is 14.6. The second kappa shape index (κ2) is 13.1. The average Bonchev–Trinajstić information content (AvgIpc) is 3.38. The number of nitrogens with zero attached hydrogens (tertiary/aromatic N) is 6. The molecule has 2 saturated heterocycles. The monoisotopic (exact) mass is 549 g/mol. The minimum atomic E-state index is -0.347. The second-order valence-corrected chi connectivity index (χ2v) is 11.2. The molecule has 2 amide bonds. The van der Waals surface area contributed by atoms with Crippen LogP contribution in [0.1, 0.15) is 48.0 Å². The van der Waals surface area contributed by atoms with Gasteiger partial charge in [-0.05, 0) is 97.1 Å². The lowest BCUT2D eigenvalue weighted by molar-refractivity contribution is 0.102. The lowest BCUT2D eigenvalue weighted by atomic mass is 9.99. The molecule has 2 aliphatic heterocycles. The second-order valence-electron chi connectivity index (χ2n) is 10.2. The molecule has 0 aliphatic carbocycles. The number of carbonyl (C=O) groups excluding carboxylic acids is 2. The summed E-state index contributed by atoms with van der Waals surface area (Å²) in [6, 6.07) is 14.7. The summed E-state index contributed by atoms with van der Waals surface area (Å²) in [6.07, 6.45) is 5.33. The van der Waals surface area contributed by atoms with E-state index < -0.39 is 0 Å². The molecule has 0 saturated carbocycles. The quantitative estimate of drug-likeness (QED) is 0.411. The van der Waals surface area contributed by atoms with Crippen molar-refractivity contribution in [3.8, 4) is 5.75 Å². The summed E-state index contributed by atoms with van der Waals surface area (Å²) in [5, 5.41) is 15.2. The van der Waals surface area contributed by atoms with Crippen LogP contribution in [-0.2, 0) is 13.6 Å². The number of anilines is 1. The number of thioether (sulfide) groups is 1. The highest BCUT2D eigenvalue weighted by molar-refractivity contribution is 7.99. The number of aryl methyl sites for hydroxylation is 1. The van der Waals surface area contributed by atoms with Gasteiger partial charge in [0.05, 0.1) is 0 Å². The molecule has 2 aliphatic rings. The van der Waals surface area contributed by atoms with Gasteiger partial charge in [0.25, 0.3) is 5.91 Å². The van der Waals surface area contributed by atoms with Gasteiger partial charge >= 0.3 is 6.09 Å². The smallest absolute Gasteiger partial charge is 0.410 e. The summed E-state index contributed by atoms with van der Waals surface area (Å²) in [7, 11) is 1.83. The number of amides is 2. The Hall–Kier alpha value is -3.44. The number of rotatable bonds is 8. The van der Waals surface area contributed by atoms with E-state index in [0.29, 0.717) is 36.0 Å². The van der Waals surface area contributed by atoms with Gasteiger partial charge in [-0.1, -0.05) is 30.3 Å². The van der Waals surface area contributed by atoms with Crippen LogP contribution in [0.25, 0.3) is 0 Å². The van der Waals surface area contributed by atoms with Gasteiger partial charge in [0.1, 0.15) is 5.75 Å². The average molecular weight is 550 g/mol. The number of aromatic nitrogens is 4. The maximum absolute atomic E-state index is 12.7. The number of tetrazole rings is 1. The number of nitrogens with one attached hydrogen (secondary N) is 1. The standard InChI is InChI=1S/C28H35N7O3S/c1-33-27(30-31-32-33)39-20-22-13-17-35(18-14-22)28(37)38-25-11-9-24(10-12-25)29-26(36)23-7-5-21(6-8-23)19-34-15-3-2-4-16-34/h5-12,22H,2-4,13-20H2,1H3,(H,29,36). The first kappa shape index (κ1) is 27.1. The van der Waals surface area contributed by atoms with Crippen LogP contribution in [0.2, 0.25) is 0 Å². The normalized spacial score (nSPS) is 16.7. The topological polar surface area (TPSA) is 105 Å². The van der Waals surface area contributed by atoms with Crippen LogP contribution in [0.5, 0.6) is 5.75 Å². The largest absolute Gasteiger partial charge is 0.415 e. The maximum Gasteiger partial charge on any atom is 0.415 e. The van der Waals surface area contributed by atoms with Gasteiger partial charge in [-0.15, -0.1) is 5.10 Å². The Balaban J connectivity index is 1.04. The molecule has 5 rings (SSSR count). The van der Waals surface area contributed by atoms with Crippen molar-refractivity contribution < 1.29 is 14.3 Å². The lowest BCUT2D eigenvalue weighted by Crippen LogP contribution is -2.40. The molecule has 39 heavy (non-hydrogen) atoms. The van der Waals surface area contributed by atoms with Crippen LogP contribution < -0.4 is 10.1 Å². The molecular formula is C28H35N7O3S. The summed E-state index contributed by atoms with van der Waals surface area (Å²) in [6.45, 7) is 4.54. The zero-order valence-electron chi connectivity index (χ0n) is 22.3. The summed E-state index contributed by atoms with van der Waals surface area (Å²) in [5.74, 6) is 1.71. The Bertz CT molecular complexity index is 1230. The minimum absolute atomic E-state index is 0.166. The van der Waals surface area contributed by atoms with Gasteiger partial charge in [-0.2, -0.15) is 0 Å². The summed E-state index contributed by atoms with van der Waals surface area (Å²) in [4.78, 5) is 29.6. The van der Waals surface area contributed by atoms with Crippen molar-refractivity contribution in [1.29, 1.82) is 0 Å². The van der Waals surface area contributed by atoms with E-state index in [1.54, 1.807) is 45.6 Å². The molecule has 0 bridgehead atoms. The molecule has 0 unspecified atom stereocenters. The Morgan fingerprint density at radius 1 is 0.974 bits per heavy atom. The van der Waals surface area contributed by atoms with E-state index in [2.05, 4.69) is 25.7 Å². The van der Waals surface area contributed by atoms with Gasteiger partial charge in [0.15, 0.2) is 0 Å². The highest BCUT2D eigenvalue weighted by atomic mass is 32.2. The van der Waals surface area contributed by atoms with Gasteiger partial charge < -0.3 is 15.0 Å². The van der Waals surface area contributed by atoms with Crippen molar-refractivity contribution in [2.75, 3.05) is 37.2 Å². The van der Waals surface area contributed by atoms with Crippen molar-refractivity contribution >= 4 is 29.4 Å². The van der Waals surface area contributed by atoms with E-state index in [4.69, 9.17) is 4.74 Å². The molecule has 2 aromatic carbocycles. The third-order valence-electron chi connectivity index (χ3n) is 7.29. The summed E-state index contributed by atoms with van der Waals surface area (Å²) in [5.41, 5.74) is 2.49. The fourth-order valence-electron chi connectivity index (χ4n) is 4.93. The van der Waals surface area contributed by atoms with Crippen LogP contribution in [0.3, 0.4) is 0 Å². The Kier molecular flexibility index (Phi) is 9.10. The molecule has 0 radical (unpaired) electrons. The van der Waals surface area contributed by atoms with E-state index in [9.17, 15) is 9.59 Å². The number of carbonyl (C=O) groups is 2. The van der Waals surface area contributed by atoms with Crippen LogP contribution in [-0.4, -0.2) is 73.9 Å². The molecule has 2 fully saturated rings. The van der Waals surface area contributed by atoms with Gasteiger partial charge in [0.2, 0.25) is 5.16 Å². The minimum Gasteiger partial charge on any atom is -0.410 e. The zero-order chi connectivity index (χ0) is 27.0. The molecule has 3 heterocycles. The zero-order valence-corrected chi connectivity index (χ0v) is 23.1. The van der Waals surface area contributed by atoms with E-state index in [1.165, 1.54) is 24.8 Å². The highest BCUT2D eigenvalue weighted by Gasteiger charge is 2.25. The van der Waals surface area contributed by atoms with Gasteiger partial charge in [-0.3, -0.25) is 9.69 Å². The van der Waals surface area contributed by atoms with Gasteiger partial charge in [-0.25, -0.2) is 9.48 Å². The first-order valence-electron chi connectivity index (χ1n) is 13.6. The Labute approximate surface area is 233 Å². The third kappa shape index (κ3) is 7.57. The number of piperidine rings is 2. The molecule has 1 aromatic heterocycles. The predicted octanol–water partition coefficient (Wildman–Crippen LogP) is 4.45.